The molecule has 1 amide bonds. The molecular formula is C20H23NO2. The molecule has 0 unspecified atom stereocenters. The van der Waals surface area contributed by atoms with Gasteiger partial charge >= 0.3 is 0 Å². The molecule has 2 aromatic carbocycles. The highest BCUT2D eigenvalue weighted by molar-refractivity contribution is 6.24. The number of amides is 1. The first-order valence-corrected chi connectivity index (χ1v) is 7.90. The van der Waals surface area contributed by atoms with Crippen LogP contribution in [0.5, 0.6) is 5.75 Å². The van der Waals surface area contributed by atoms with Gasteiger partial charge in [-0.15, -0.1) is 0 Å². The minimum absolute atomic E-state index is 0.0344. The number of ether oxygens (including phenoxy) is 1. The standard InChI is InChI=1S/C20H23NO2/c1-4-21(5-2)20(22)18(16-11-7-6-8-12-16)15-17-13-9-10-14-19(17)23-3/h6-15H,4-5H2,1-3H3/b18-15+. The molecule has 2 aromatic rings. The van der Waals surface area contributed by atoms with E-state index in [1.807, 2.05) is 79.4 Å². The molecule has 0 bridgehead atoms. The number of methoxy groups -OCH3 is 1. The average Bonchev–Trinajstić information content (AvgIpc) is 2.61. The summed E-state index contributed by atoms with van der Waals surface area (Å²) in [5, 5.41) is 0. The van der Waals surface area contributed by atoms with Crippen LogP contribution >= 0.6 is 0 Å². The smallest absolute Gasteiger partial charge is 0.254 e. The molecule has 0 saturated heterocycles. The maximum absolute atomic E-state index is 12.9. The number of rotatable bonds is 6. The van der Waals surface area contributed by atoms with Gasteiger partial charge in [-0.25, -0.2) is 0 Å². The summed E-state index contributed by atoms with van der Waals surface area (Å²) < 4.78 is 5.41. The van der Waals surface area contributed by atoms with Gasteiger partial charge in [-0.05, 0) is 31.6 Å². The van der Waals surface area contributed by atoms with E-state index in [1.54, 1.807) is 7.11 Å². The van der Waals surface area contributed by atoms with Gasteiger partial charge in [-0.3, -0.25) is 4.79 Å². The minimum Gasteiger partial charge on any atom is -0.496 e. The van der Waals surface area contributed by atoms with Crippen LogP contribution in [-0.2, 0) is 4.79 Å². The van der Waals surface area contributed by atoms with Crippen LogP contribution in [0.15, 0.2) is 54.6 Å². The fourth-order valence-corrected chi connectivity index (χ4v) is 2.51. The van der Waals surface area contributed by atoms with Crippen molar-refractivity contribution in [2.24, 2.45) is 0 Å². The summed E-state index contributed by atoms with van der Waals surface area (Å²) in [5.41, 5.74) is 2.49. The number of carbonyl (C=O) groups excluding carboxylic acids is 1. The Morgan fingerprint density at radius 2 is 1.61 bits per heavy atom. The third-order valence-electron chi connectivity index (χ3n) is 3.80. The molecule has 0 radical (unpaired) electrons. The second-order valence-corrected chi connectivity index (χ2v) is 5.14. The maximum atomic E-state index is 12.9. The van der Waals surface area contributed by atoms with Crippen molar-refractivity contribution in [1.29, 1.82) is 0 Å². The lowest BCUT2D eigenvalue weighted by atomic mass is 10.0. The van der Waals surface area contributed by atoms with Crippen LogP contribution in [0.2, 0.25) is 0 Å². The van der Waals surface area contributed by atoms with Gasteiger partial charge in [0, 0.05) is 24.2 Å². The van der Waals surface area contributed by atoms with Crippen LogP contribution in [-0.4, -0.2) is 31.0 Å². The van der Waals surface area contributed by atoms with Crippen molar-refractivity contribution < 1.29 is 9.53 Å². The maximum Gasteiger partial charge on any atom is 0.254 e. The molecule has 120 valence electrons. The van der Waals surface area contributed by atoms with Crippen LogP contribution in [0.3, 0.4) is 0 Å². The summed E-state index contributed by atoms with van der Waals surface area (Å²) >= 11 is 0. The number of para-hydroxylation sites is 1. The first-order valence-electron chi connectivity index (χ1n) is 7.90. The number of benzene rings is 2. The number of likely N-dealkylation sites (N-methyl/N-ethyl adjacent to an activating group) is 1. The Bertz CT molecular complexity index is 673. The lowest BCUT2D eigenvalue weighted by Crippen LogP contribution is -2.31. The van der Waals surface area contributed by atoms with Crippen molar-refractivity contribution >= 4 is 17.6 Å². The molecule has 3 nitrogen and oxygen atoms in total. The van der Waals surface area contributed by atoms with Crippen molar-refractivity contribution in [3.8, 4) is 5.75 Å². The summed E-state index contributed by atoms with van der Waals surface area (Å²) in [6.07, 6.45) is 1.91. The number of nitrogens with zero attached hydrogens (tertiary/aromatic N) is 1. The first-order chi connectivity index (χ1) is 11.2. The largest absolute Gasteiger partial charge is 0.496 e. The second-order valence-electron chi connectivity index (χ2n) is 5.14. The Hall–Kier alpha value is -2.55. The molecule has 0 aliphatic carbocycles. The van der Waals surface area contributed by atoms with Gasteiger partial charge in [0.25, 0.3) is 5.91 Å². The van der Waals surface area contributed by atoms with E-state index in [0.29, 0.717) is 18.7 Å². The second kappa shape index (κ2) is 8.18. The van der Waals surface area contributed by atoms with Crippen LogP contribution < -0.4 is 4.74 Å². The molecule has 2 rings (SSSR count). The summed E-state index contributed by atoms with van der Waals surface area (Å²) in [6, 6.07) is 17.5. The zero-order valence-corrected chi connectivity index (χ0v) is 14.0. The predicted molar refractivity (Wildman–Crippen MR) is 95.2 cm³/mol. The zero-order valence-electron chi connectivity index (χ0n) is 14.0. The lowest BCUT2D eigenvalue weighted by Gasteiger charge is -2.21. The molecule has 0 aliphatic rings. The molecule has 0 heterocycles. The summed E-state index contributed by atoms with van der Waals surface area (Å²) in [7, 11) is 1.64. The predicted octanol–water partition coefficient (Wildman–Crippen LogP) is 4.10. The molecule has 3 heteroatoms. The Labute approximate surface area is 138 Å². The summed E-state index contributed by atoms with van der Waals surface area (Å²) in [6.45, 7) is 5.36. The average molecular weight is 309 g/mol. The monoisotopic (exact) mass is 309 g/mol. The summed E-state index contributed by atoms with van der Waals surface area (Å²) in [4.78, 5) is 14.8. The number of carbonyl (C=O) groups is 1. The van der Waals surface area contributed by atoms with E-state index in [1.165, 1.54) is 0 Å². The fraction of sp³-hybridized carbons (Fsp3) is 0.250. The molecule has 0 N–H and O–H groups in total. The quantitative estimate of drug-likeness (QED) is 0.594. The van der Waals surface area contributed by atoms with Crippen molar-refractivity contribution in [2.75, 3.05) is 20.2 Å². The van der Waals surface area contributed by atoms with E-state index in [4.69, 9.17) is 4.74 Å². The van der Waals surface area contributed by atoms with Gasteiger partial charge in [-0.1, -0.05) is 48.5 Å². The highest BCUT2D eigenvalue weighted by Crippen LogP contribution is 2.26. The highest BCUT2D eigenvalue weighted by atomic mass is 16.5. The van der Waals surface area contributed by atoms with E-state index in [9.17, 15) is 4.79 Å². The van der Waals surface area contributed by atoms with Gasteiger partial charge in [0.1, 0.15) is 5.75 Å². The molecule has 0 aliphatic heterocycles. The van der Waals surface area contributed by atoms with Crippen LogP contribution in [0, 0.1) is 0 Å². The van der Waals surface area contributed by atoms with Crippen molar-refractivity contribution in [3.63, 3.8) is 0 Å². The Morgan fingerprint density at radius 3 is 2.22 bits per heavy atom. The molecule has 0 saturated carbocycles. The van der Waals surface area contributed by atoms with Crippen molar-refractivity contribution in [3.05, 3.63) is 65.7 Å². The minimum atomic E-state index is 0.0344. The van der Waals surface area contributed by atoms with Gasteiger partial charge in [0.15, 0.2) is 0 Å². The Balaban J connectivity index is 2.53. The molecule has 0 aromatic heterocycles. The highest BCUT2D eigenvalue weighted by Gasteiger charge is 2.17. The molecule has 23 heavy (non-hydrogen) atoms. The van der Waals surface area contributed by atoms with Crippen molar-refractivity contribution in [1.82, 2.24) is 4.90 Å². The third-order valence-corrected chi connectivity index (χ3v) is 3.80. The zero-order chi connectivity index (χ0) is 16.7. The van der Waals surface area contributed by atoms with Gasteiger partial charge in [0.05, 0.1) is 7.11 Å². The van der Waals surface area contributed by atoms with Crippen LogP contribution in [0.1, 0.15) is 25.0 Å². The molecule has 0 atom stereocenters. The van der Waals surface area contributed by atoms with E-state index < -0.39 is 0 Å². The topological polar surface area (TPSA) is 29.5 Å². The Morgan fingerprint density at radius 1 is 1.00 bits per heavy atom. The van der Waals surface area contributed by atoms with E-state index in [0.717, 1.165) is 16.9 Å². The first kappa shape index (κ1) is 16.8. The van der Waals surface area contributed by atoms with Crippen LogP contribution in [0.4, 0.5) is 0 Å². The third kappa shape index (κ3) is 4.01. The SMILES string of the molecule is CCN(CC)C(=O)/C(=C/c1ccccc1OC)c1ccccc1. The van der Waals surface area contributed by atoms with Crippen LogP contribution in [0.25, 0.3) is 11.6 Å². The van der Waals surface area contributed by atoms with Gasteiger partial charge in [-0.2, -0.15) is 0 Å². The fourth-order valence-electron chi connectivity index (χ4n) is 2.51. The number of hydrogen-bond acceptors (Lipinski definition) is 2. The van der Waals surface area contributed by atoms with E-state index >= 15 is 0 Å². The summed E-state index contributed by atoms with van der Waals surface area (Å²) in [5.74, 6) is 0.792. The molecular weight excluding hydrogens is 286 g/mol. The molecule has 0 spiro atoms. The lowest BCUT2D eigenvalue weighted by molar-refractivity contribution is -0.124. The van der Waals surface area contributed by atoms with Crippen molar-refractivity contribution in [2.45, 2.75) is 13.8 Å². The Kier molecular flexibility index (Phi) is 5.98. The van der Waals surface area contributed by atoms with E-state index in [2.05, 4.69) is 0 Å². The molecule has 0 fully saturated rings. The number of hydrogen-bond donors (Lipinski definition) is 0. The van der Waals surface area contributed by atoms with E-state index in [-0.39, 0.29) is 5.91 Å². The van der Waals surface area contributed by atoms with Gasteiger partial charge < -0.3 is 9.64 Å². The van der Waals surface area contributed by atoms with Gasteiger partial charge in [0.2, 0.25) is 0 Å². The normalized spacial score (nSPS) is 11.2.